The lowest BCUT2D eigenvalue weighted by Gasteiger charge is -2.18. The highest BCUT2D eigenvalue weighted by atomic mass is 16.2. The molecule has 1 aliphatic rings. The number of hydrogen-bond acceptors (Lipinski definition) is 4. The van der Waals surface area contributed by atoms with Crippen molar-refractivity contribution in [2.24, 2.45) is 0 Å². The van der Waals surface area contributed by atoms with Crippen molar-refractivity contribution < 1.29 is 9.59 Å². The number of nitrogens with one attached hydrogen (secondary N) is 1. The van der Waals surface area contributed by atoms with Crippen LogP contribution in [0.15, 0.2) is 41.3 Å². The Hall–Kier alpha value is -3.48. The van der Waals surface area contributed by atoms with Crippen molar-refractivity contribution in [1.82, 2.24) is 14.5 Å². The first-order chi connectivity index (χ1) is 14.8. The maximum absolute atomic E-state index is 13.1. The van der Waals surface area contributed by atoms with Crippen LogP contribution in [0, 0.1) is 20.8 Å². The Bertz CT molecular complexity index is 1220. The second-order valence-corrected chi connectivity index (χ2v) is 8.14. The van der Waals surface area contributed by atoms with Crippen LogP contribution in [0.2, 0.25) is 0 Å². The minimum atomic E-state index is -0.342. The minimum absolute atomic E-state index is 0.0543. The fraction of sp³-hybridized carbons (Fsp3) is 0.333. The van der Waals surface area contributed by atoms with Gasteiger partial charge in [-0.1, -0.05) is 18.2 Å². The zero-order valence-electron chi connectivity index (χ0n) is 18.1. The van der Waals surface area contributed by atoms with E-state index in [4.69, 9.17) is 0 Å². The summed E-state index contributed by atoms with van der Waals surface area (Å²) in [4.78, 5) is 45.1. The Labute approximate surface area is 180 Å². The quantitative estimate of drug-likeness (QED) is 0.705. The van der Waals surface area contributed by atoms with Crippen LogP contribution in [0.25, 0.3) is 11.0 Å². The van der Waals surface area contributed by atoms with Crippen LogP contribution < -0.4 is 10.7 Å². The lowest BCUT2D eigenvalue weighted by atomic mass is 10.1. The van der Waals surface area contributed by atoms with E-state index < -0.39 is 0 Å². The molecule has 2 aromatic heterocycles. The van der Waals surface area contributed by atoms with Gasteiger partial charge in [0.2, 0.25) is 11.3 Å². The molecule has 0 saturated carbocycles. The average Bonchev–Trinajstić information content (AvgIpc) is 3.27. The molecule has 0 unspecified atom stereocenters. The number of carbonyl (C=O) groups is 2. The van der Waals surface area contributed by atoms with Gasteiger partial charge in [-0.25, -0.2) is 4.98 Å². The normalized spacial score (nSPS) is 13.6. The van der Waals surface area contributed by atoms with Crippen LogP contribution in [0.3, 0.4) is 0 Å². The fourth-order valence-corrected chi connectivity index (χ4v) is 4.07. The summed E-state index contributed by atoms with van der Waals surface area (Å²) in [6.45, 7) is 6.95. The predicted octanol–water partition coefficient (Wildman–Crippen LogP) is 3.20. The molecule has 1 aromatic carbocycles. The van der Waals surface area contributed by atoms with Gasteiger partial charge in [0, 0.05) is 30.7 Å². The summed E-state index contributed by atoms with van der Waals surface area (Å²) in [6.07, 6.45) is 3.36. The molecule has 3 aromatic rings. The van der Waals surface area contributed by atoms with E-state index in [2.05, 4.69) is 10.3 Å². The van der Waals surface area contributed by atoms with Crippen LogP contribution in [-0.4, -0.2) is 39.4 Å². The summed E-state index contributed by atoms with van der Waals surface area (Å²) in [6, 6.07) is 9.25. The Balaban J connectivity index is 1.74. The third-order valence-electron chi connectivity index (χ3n) is 5.74. The summed E-state index contributed by atoms with van der Waals surface area (Å²) >= 11 is 0. The molecule has 160 valence electrons. The second kappa shape index (κ2) is 8.34. The highest BCUT2D eigenvalue weighted by molar-refractivity contribution is 5.98. The van der Waals surface area contributed by atoms with Gasteiger partial charge in [0.25, 0.3) is 5.91 Å². The van der Waals surface area contributed by atoms with Gasteiger partial charge >= 0.3 is 0 Å². The van der Waals surface area contributed by atoms with Crippen molar-refractivity contribution in [2.45, 2.75) is 40.2 Å². The van der Waals surface area contributed by atoms with Crippen LogP contribution in [0.5, 0.6) is 0 Å². The Kier molecular flexibility index (Phi) is 5.59. The van der Waals surface area contributed by atoms with Gasteiger partial charge in [-0.15, -0.1) is 0 Å². The molecule has 1 aliphatic heterocycles. The number of aromatic nitrogens is 2. The predicted molar refractivity (Wildman–Crippen MR) is 120 cm³/mol. The number of carbonyl (C=O) groups excluding carboxylic acids is 2. The zero-order chi connectivity index (χ0) is 22.1. The van der Waals surface area contributed by atoms with E-state index >= 15 is 0 Å². The maximum atomic E-state index is 13.1. The Morgan fingerprint density at radius 1 is 1.03 bits per heavy atom. The largest absolute Gasteiger partial charge is 0.338 e. The molecule has 7 heteroatoms. The van der Waals surface area contributed by atoms with Crippen LogP contribution in [0.1, 0.15) is 40.0 Å². The number of anilines is 1. The molecule has 7 nitrogen and oxygen atoms in total. The molecule has 0 aliphatic carbocycles. The molecule has 0 atom stereocenters. The topological polar surface area (TPSA) is 84.3 Å². The summed E-state index contributed by atoms with van der Waals surface area (Å²) < 4.78 is 1.61. The molecular formula is C24H26N4O3. The van der Waals surface area contributed by atoms with Gasteiger partial charge in [0.1, 0.15) is 17.8 Å². The highest BCUT2D eigenvalue weighted by Crippen LogP contribution is 2.20. The van der Waals surface area contributed by atoms with E-state index in [0.717, 1.165) is 35.3 Å². The first kappa shape index (κ1) is 20.8. The molecular weight excluding hydrogens is 392 g/mol. The number of pyridine rings is 2. The van der Waals surface area contributed by atoms with Gasteiger partial charge in [0.15, 0.2) is 0 Å². The van der Waals surface area contributed by atoms with E-state index in [0.29, 0.717) is 24.1 Å². The van der Waals surface area contributed by atoms with Crippen LogP contribution in [-0.2, 0) is 11.3 Å². The maximum Gasteiger partial charge on any atom is 0.259 e. The number of likely N-dealkylation sites (tertiary alicyclic amines) is 1. The van der Waals surface area contributed by atoms with Gasteiger partial charge in [-0.2, -0.15) is 0 Å². The third-order valence-corrected chi connectivity index (χ3v) is 5.74. The smallest absolute Gasteiger partial charge is 0.259 e. The van der Waals surface area contributed by atoms with E-state index in [1.165, 1.54) is 6.20 Å². The van der Waals surface area contributed by atoms with Crippen molar-refractivity contribution in [3.8, 4) is 0 Å². The Morgan fingerprint density at radius 2 is 1.71 bits per heavy atom. The number of nitrogens with zero attached hydrogens (tertiary/aromatic N) is 3. The van der Waals surface area contributed by atoms with E-state index in [1.54, 1.807) is 21.6 Å². The number of benzene rings is 1. The summed E-state index contributed by atoms with van der Waals surface area (Å²) in [5.41, 5.74) is 3.59. The van der Waals surface area contributed by atoms with E-state index in [9.17, 15) is 14.4 Å². The van der Waals surface area contributed by atoms with Gasteiger partial charge in [-0.05, 0) is 56.9 Å². The molecule has 2 amide bonds. The lowest BCUT2D eigenvalue weighted by molar-refractivity contribution is -0.116. The molecule has 4 rings (SSSR count). The van der Waals surface area contributed by atoms with Crippen molar-refractivity contribution >= 4 is 28.5 Å². The van der Waals surface area contributed by atoms with Crippen molar-refractivity contribution in [2.75, 3.05) is 18.4 Å². The molecule has 31 heavy (non-hydrogen) atoms. The van der Waals surface area contributed by atoms with E-state index in [1.807, 2.05) is 39.0 Å². The second-order valence-electron chi connectivity index (χ2n) is 8.14. The third kappa shape index (κ3) is 4.08. The van der Waals surface area contributed by atoms with Crippen molar-refractivity contribution in [1.29, 1.82) is 0 Å². The number of fused-ring (bicyclic) bond motifs is 1. The summed E-state index contributed by atoms with van der Waals surface area (Å²) in [5, 5.41) is 3.31. The Morgan fingerprint density at radius 3 is 2.39 bits per heavy atom. The number of para-hydroxylation sites is 1. The van der Waals surface area contributed by atoms with Gasteiger partial charge in [0.05, 0.1) is 5.39 Å². The standard InChI is InChI=1S/C24H26N4O3/c1-15-7-6-8-16(2)21(15)26-20(29)14-28-13-19(24(31)27-11-4-5-12-27)22(30)18-10-9-17(3)25-23(18)28/h6-10,13H,4-5,11-12,14H2,1-3H3,(H,26,29). The number of hydrogen-bond donors (Lipinski definition) is 1. The lowest BCUT2D eigenvalue weighted by Crippen LogP contribution is -2.33. The number of aryl methyl sites for hydroxylation is 3. The SMILES string of the molecule is Cc1ccc2c(=O)c(C(=O)N3CCCC3)cn(CC(=O)Nc3c(C)cccc3C)c2n1. The fourth-order valence-electron chi connectivity index (χ4n) is 4.07. The van der Waals surface area contributed by atoms with Crippen LogP contribution >= 0.6 is 0 Å². The monoisotopic (exact) mass is 418 g/mol. The van der Waals surface area contributed by atoms with Gasteiger partial charge in [-0.3, -0.25) is 14.4 Å². The van der Waals surface area contributed by atoms with Crippen molar-refractivity contribution in [3.05, 3.63) is 69.1 Å². The van der Waals surface area contributed by atoms with Crippen molar-refractivity contribution in [3.63, 3.8) is 0 Å². The van der Waals surface area contributed by atoms with Crippen LogP contribution in [0.4, 0.5) is 5.69 Å². The average molecular weight is 418 g/mol. The molecule has 3 heterocycles. The summed E-state index contributed by atoms with van der Waals surface area (Å²) in [5.74, 6) is -0.529. The van der Waals surface area contributed by atoms with Gasteiger partial charge < -0.3 is 14.8 Å². The zero-order valence-corrected chi connectivity index (χ0v) is 18.1. The molecule has 1 fully saturated rings. The molecule has 0 bridgehead atoms. The first-order valence-electron chi connectivity index (χ1n) is 10.5. The molecule has 0 radical (unpaired) electrons. The first-order valence-corrected chi connectivity index (χ1v) is 10.5. The molecule has 1 saturated heterocycles. The molecule has 1 N–H and O–H groups in total. The minimum Gasteiger partial charge on any atom is -0.338 e. The number of rotatable bonds is 4. The number of amides is 2. The van der Waals surface area contributed by atoms with E-state index in [-0.39, 0.29) is 29.4 Å². The molecule has 0 spiro atoms. The highest BCUT2D eigenvalue weighted by Gasteiger charge is 2.24. The summed E-state index contributed by atoms with van der Waals surface area (Å²) in [7, 11) is 0.